The molecule has 0 saturated carbocycles. The van der Waals surface area contributed by atoms with Crippen molar-refractivity contribution >= 4 is 50.5 Å². The minimum Gasteiger partial charge on any atom is -0.506 e. The quantitative estimate of drug-likeness (QED) is 0.339. The third-order valence-electron chi connectivity index (χ3n) is 4.51. The third kappa shape index (κ3) is 3.68. The lowest BCUT2D eigenvalue weighted by Crippen LogP contribution is -1.84. The molecule has 0 aliphatic rings. The summed E-state index contributed by atoms with van der Waals surface area (Å²) in [5.74, 6) is 0.638. The van der Waals surface area contributed by atoms with Gasteiger partial charge in [-0.3, -0.25) is 4.99 Å². The lowest BCUT2D eigenvalue weighted by Gasteiger charge is -2.03. The fourth-order valence-electron chi connectivity index (χ4n) is 2.85. The second kappa shape index (κ2) is 7.41. The van der Waals surface area contributed by atoms with Gasteiger partial charge in [-0.05, 0) is 83.4 Å². The second-order valence-corrected chi connectivity index (χ2v) is 7.85. The van der Waals surface area contributed by atoms with E-state index in [0.717, 1.165) is 16.7 Å². The highest BCUT2D eigenvalue weighted by Crippen LogP contribution is 2.32. The Hall–Kier alpha value is -2.63. The molecule has 4 rings (SSSR count). The number of aromatic nitrogens is 1. The third-order valence-corrected chi connectivity index (χ3v) is 5.33. The van der Waals surface area contributed by atoms with E-state index in [-0.39, 0.29) is 5.75 Å². The van der Waals surface area contributed by atoms with Crippen LogP contribution in [0.1, 0.15) is 16.7 Å². The molecule has 4 aromatic rings. The van der Waals surface area contributed by atoms with Gasteiger partial charge in [0.25, 0.3) is 0 Å². The number of phenolic OH excluding ortho intramolecular Hbond substituents is 1. The molecule has 28 heavy (non-hydrogen) atoms. The van der Waals surface area contributed by atoms with Crippen LogP contribution in [-0.2, 0) is 0 Å². The summed E-state index contributed by atoms with van der Waals surface area (Å²) in [4.78, 5) is 9.05. The molecule has 0 radical (unpaired) electrons. The molecule has 4 nitrogen and oxygen atoms in total. The average Bonchev–Trinajstić information content (AvgIpc) is 3.07. The molecule has 6 heteroatoms. The van der Waals surface area contributed by atoms with Crippen molar-refractivity contribution < 1.29 is 9.52 Å². The fourth-order valence-corrected chi connectivity index (χ4v) is 3.69. The van der Waals surface area contributed by atoms with Crippen LogP contribution in [0, 0.1) is 13.8 Å². The first-order valence-corrected chi connectivity index (χ1v) is 9.78. The molecule has 0 aliphatic carbocycles. The van der Waals surface area contributed by atoms with Crippen LogP contribution in [0.5, 0.6) is 5.75 Å². The molecule has 0 amide bonds. The van der Waals surface area contributed by atoms with Crippen molar-refractivity contribution in [1.29, 1.82) is 0 Å². The van der Waals surface area contributed by atoms with Gasteiger partial charge in [-0.2, -0.15) is 0 Å². The smallest absolute Gasteiger partial charge is 0.227 e. The Morgan fingerprint density at radius 3 is 2.71 bits per heavy atom. The first-order chi connectivity index (χ1) is 13.4. The Kier molecular flexibility index (Phi) is 4.96. The van der Waals surface area contributed by atoms with Gasteiger partial charge in [0.2, 0.25) is 5.89 Å². The van der Waals surface area contributed by atoms with E-state index in [9.17, 15) is 5.11 Å². The zero-order valence-corrected chi connectivity index (χ0v) is 17.5. The normalized spacial score (nSPS) is 11.6. The molecular weight excluding hydrogens is 440 g/mol. The van der Waals surface area contributed by atoms with Gasteiger partial charge >= 0.3 is 0 Å². The first kappa shape index (κ1) is 18.7. The zero-order chi connectivity index (χ0) is 19.8. The SMILES string of the molecule is Cc1cc2nc(-c3cccc(N=Cc4cc(Cl)cc(Br)c4O)c3)oc2cc1C. The number of halogens is 2. The van der Waals surface area contributed by atoms with Gasteiger partial charge in [-0.1, -0.05) is 17.7 Å². The number of rotatable bonds is 3. The highest BCUT2D eigenvalue weighted by atomic mass is 79.9. The monoisotopic (exact) mass is 454 g/mol. The Balaban J connectivity index is 1.69. The number of aliphatic imine (C=N–C) groups is 1. The van der Waals surface area contributed by atoms with Gasteiger partial charge in [0.05, 0.1) is 10.2 Å². The molecule has 0 bridgehead atoms. The van der Waals surface area contributed by atoms with Crippen LogP contribution in [0.25, 0.3) is 22.6 Å². The summed E-state index contributed by atoms with van der Waals surface area (Å²) in [5, 5.41) is 10.6. The molecule has 1 aromatic heterocycles. The fraction of sp³-hybridized carbons (Fsp3) is 0.0909. The van der Waals surface area contributed by atoms with E-state index >= 15 is 0 Å². The maximum Gasteiger partial charge on any atom is 0.227 e. The summed E-state index contributed by atoms with van der Waals surface area (Å²) >= 11 is 9.32. The maximum atomic E-state index is 10.1. The van der Waals surface area contributed by atoms with E-state index in [1.165, 1.54) is 11.1 Å². The molecule has 3 aromatic carbocycles. The number of benzene rings is 3. The van der Waals surface area contributed by atoms with Crippen LogP contribution in [0.3, 0.4) is 0 Å². The van der Waals surface area contributed by atoms with Gasteiger partial charge in [0.1, 0.15) is 11.3 Å². The van der Waals surface area contributed by atoms with Crippen molar-refractivity contribution in [2.24, 2.45) is 4.99 Å². The largest absolute Gasteiger partial charge is 0.506 e. The molecule has 0 aliphatic heterocycles. The van der Waals surface area contributed by atoms with E-state index < -0.39 is 0 Å². The van der Waals surface area contributed by atoms with E-state index in [0.29, 0.717) is 26.6 Å². The van der Waals surface area contributed by atoms with Gasteiger partial charge in [0.15, 0.2) is 5.58 Å². The summed E-state index contributed by atoms with van der Waals surface area (Å²) in [6.07, 6.45) is 1.57. The number of hydrogen-bond acceptors (Lipinski definition) is 4. The summed E-state index contributed by atoms with van der Waals surface area (Å²) in [6, 6.07) is 14.9. The number of aryl methyl sites for hydroxylation is 2. The number of phenols is 1. The van der Waals surface area contributed by atoms with Crippen LogP contribution in [0.2, 0.25) is 5.02 Å². The lowest BCUT2D eigenvalue weighted by atomic mass is 10.1. The predicted octanol–water partition coefficient (Wildman–Crippen LogP) is 6.98. The topological polar surface area (TPSA) is 58.6 Å². The summed E-state index contributed by atoms with van der Waals surface area (Å²) in [7, 11) is 0. The van der Waals surface area contributed by atoms with Crippen LogP contribution in [0.15, 0.2) is 62.4 Å². The Bertz CT molecular complexity index is 1190. The number of fused-ring (bicyclic) bond motifs is 1. The van der Waals surface area contributed by atoms with Crippen molar-refractivity contribution in [1.82, 2.24) is 4.98 Å². The summed E-state index contributed by atoms with van der Waals surface area (Å²) in [6.45, 7) is 4.11. The number of nitrogens with zero attached hydrogens (tertiary/aromatic N) is 2. The highest BCUT2D eigenvalue weighted by molar-refractivity contribution is 9.10. The lowest BCUT2D eigenvalue weighted by molar-refractivity contribution is 0.471. The molecule has 0 fully saturated rings. The average molecular weight is 456 g/mol. The van der Waals surface area contributed by atoms with Crippen molar-refractivity contribution in [3.63, 3.8) is 0 Å². The van der Waals surface area contributed by atoms with Crippen molar-refractivity contribution in [2.75, 3.05) is 0 Å². The van der Waals surface area contributed by atoms with Gasteiger partial charge in [-0.15, -0.1) is 0 Å². The van der Waals surface area contributed by atoms with Gasteiger partial charge in [-0.25, -0.2) is 4.98 Å². The minimum atomic E-state index is 0.0917. The molecule has 1 heterocycles. The van der Waals surface area contributed by atoms with Gasteiger partial charge in [0, 0.05) is 22.4 Å². The second-order valence-electron chi connectivity index (χ2n) is 6.56. The molecule has 140 valence electrons. The highest BCUT2D eigenvalue weighted by Gasteiger charge is 2.10. The minimum absolute atomic E-state index is 0.0917. The van der Waals surface area contributed by atoms with Crippen molar-refractivity contribution in [3.05, 3.63) is 74.7 Å². The zero-order valence-electron chi connectivity index (χ0n) is 15.2. The molecule has 1 N–H and O–H groups in total. The summed E-state index contributed by atoms with van der Waals surface area (Å²) in [5.41, 5.74) is 6.01. The van der Waals surface area contributed by atoms with Crippen LogP contribution >= 0.6 is 27.5 Å². The molecule has 0 spiro atoms. The van der Waals surface area contributed by atoms with Crippen molar-refractivity contribution in [2.45, 2.75) is 13.8 Å². The molecule has 0 atom stereocenters. The van der Waals surface area contributed by atoms with E-state index in [1.807, 2.05) is 36.4 Å². The van der Waals surface area contributed by atoms with E-state index in [4.69, 9.17) is 16.0 Å². The molecular formula is C22H16BrClN2O2. The maximum absolute atomic E-state index is 10.1. The van der Waals surface area contributed by atoms with Crippen LogP contribution in [-0.4, -0.2) is 16.3 Å². The molecule has 0 unspecified atom stereocenters. The van der Waals surface area contributed by atoms with E-state index in [2.05, 4.69) is 39.8 Å². The standard InChI is InChI=1S/C22H16BrClN2O2/c1-12-6-19-20(7-13(12)2)28-22(26-19)14-4-3-5-17(9-14)25-11-15-8-16(24)10-18(23)21(15)27/h3-11,27H,1-2H3. The Labute approximate surface area is 175 Å². The van der Waals surface area contributed by atoms with Crippen LogP contribution < -0.4 is 0 Å². The number of aromatic hydroxyl groups is 1. The number of hydrogen-bond donors (Lipinski definition) is 1. The molecule has 0 saturated heterocycles. The Morgan fingerprint density at radius 1 is 1.11 bits per heavy atom. The van der Waals surface area contributed by atoms with E-state index in [1.54, 1.807) is 18.3 Å². The van der Waals surface area contributed by atoms with Crippen molar-refractivity contribution in [3.8, 4) is 17.2 Å². The Morgan fingerprint density at radius 2 is 1.89 bits per heavy atom. The number of oxazole rings is 1. The summed E-state index contributed by atoms with van der Waals surface area (Å²) < 4.78 is 6.45. The first-order valence-electron chi connectivity index (χ1n) is 8.61. The van der Waals surface area contributed by atoms with Crippen LogP contribution in [0.4, 0.5) is 5.69 Å². The predicted molar refractivity (Wildman–Crippen MR) is 117 cm³/mol. The van der Waals surface area contributed by atoms with Gasteiger partial charge < -0.3 is 9.52 Å².